The summed E-state index contributed by atoms with van der Waals surface area (Å²) in [5, 5.41) is 12.0. The summed E-state index contributed by atoms with van der Waals surface area (Å²) in [7, 11) is 0. The van der Waals surface area contributed by atoms with Crippen molar-refractivity contribution in [2.24, 2.45) is 0 Å². The van der Waals surface area contributed by atoms with Crippen LogP contribution in [-0.2, 0) is 6.61 Å². The van der Waals surface area contributed by atoms with Gasteiger partial charge in [-0.1, -0.05) is 12.1 Å². The van der Waals surface area contributed by atoms with Crippen LogP contribution in [-0.4, -0.2) is 9.48 Å². The molecule has 0 bridgehead atoms. The van der Waals surface area contributed by atoms with Crippen LogP contribution in [0.3, 0.4) is 0 Å². The number of benzene rings is 1. The highest BCUT2D eigenvalue weighted by molar-refractivity contribution is 7.04. The lowest BCUT2D eigenvalue weighted by atomic mass is 10.2. The molecule has 0 atom stereocenters. The Morgan fingerprint density at radius 3 is 3.18 bits per heavy atom. The van der Waals surface area contributed by atoms with Crippen molar-refractivity contribution in [2.75, 3.05) is 0 Å². The summed E-state index contributed by atoms with van der Waals surface area (Å²) in [5.74, 6) is 0. The highest BCUT2D eigenvalue weighted by Gasteiger charge is 1.96. The van der Waals surface area contributed by atoms with Gasteiger partial charge in [-0.15, -0.1) is 0 Å². The van der Waals surface area contributed by atoms with Gasteiger partial charge in [0.1, 0.15) is 0 Å². The Bertz CT molecular complexity index is 369. The Morgan fingerprint density at radius 2 is 2.36 bits per heavy atom. The first kappa shape index (κ1) is 6.76. The minimum absolute atomic E-state index is 0.0907. The Morgan fingerprint density at radius 1 is 1.45 bits per heavy atom. The van der Waals surface area contributed by atoms with Crippen LogP contribution in [0.5, 0.6) is 0 Å². The molecule has 0 saturated carbocycles. The fraction of sp³-hybridized carbons (Fsp3) is 0.125. The van der Waals surface area contributed by atoms with Crippen LogP contribution >= 0.6 is 11.5 Å². The van der Waals surface area contributed by atoms with Crippen molar-refractivity contribution in [3.05, 3.63) is 29.1 Å². The van der Waals surface area contributed by atoms with Crippen LogP contribution in [0.15, 0.2) is 23.6 Å². The molecule has 0 aliphatic carbocycles. The van der Waals surface area contributed by atoms with Gasteiger partial charge >= 0.3 is 0 Å². The minimum atomic E-state index is 0.0907. The molecule has 0 spiro atoms. The molecule has 56 valence electrons. The molecule has 11 heavy (non-hydrogen) atoms. The molecule has 0 aliphatic rings. The standard InChI is InChI=1S/C8H7NOS/c10-4-6-1-2-7-5-11-9-8(7)3-6/h1-3,5,10H,4H2. The molecule has 0 saturated heterocycles. The fourth-order valence-corrected chi connectivity index (χ4v) is 1.64. The number of nitrogens with zero attached hydrogens (tertiary/aromatic N) is 1. The van der Waals surface area contributed by atoms with Gasteiger partial charge in [0.05, 0.1) is 12.1 Å². The number of fused-ring (bicyclic) bond motifs is 1. The highest BCUT2D eigenvalue weighted by atomic mass is 32.1. The number of aliphatic hydroxyl groups excluding tert-OH is 1. The van der Waals surface area contributed by atoms with Crippen LogP contribution in [0, 0.1) is 0 Å². The molecule has 2 aromatic rings. The zero-order chi connectivity index (χ0) is 7.68. The van der Waals surface area contributed by atoms with Gasteiger partial charge in [-0.3, -0.25) is 0 Å². The van der Waals surface area contributed by atoms with E-state index >= 15 is 0 Å². The predicted molar refractivity (Wildman–Crippen MR) is 45.5 cm³/mol. The summed E-state index contributed by atoms with van der Waals surface area (Å²) in [5.41, 5.74) is 1.89. The van der Waals surface area contributed by atoms with E-state index in [2.05, 4.69) is 4.37 Å². The van der Waals surface area contributed by atoms with Crippen molar-refractivity contribution in [3.63, 3.8) is 0 Å². The summed E-state index contributed by atoms with van der Waals surface area (Å²) in [6, 6.07) is 5.80. The number of hydrogen-bond donors (Lipinski definition) is 1. The number of hydrogen-bond acceptors (Lipinski definition) is 3. The first-order valence-electron chi connectivity index (χ1n) is 3.34. The van der Waals surface area contributed by atoms with E-state index in [9.17, 15) is 0 Å². The maximum absolute atomic E-state index is 8.81. The van der Waals surface area contributed by atoms with E-state index < -0.39 is 0 Å². The van der Waals surface area contributed by atoms with Crippen LogP contribution in [0.1, 0.15) is 5.56 Å². The minimum Gasteiger partial charge on any atom is -0.392 e. The van der Waals surface area contributed by atoms with E-state index in [0.717, 1.165) is 16.5 Å². The number of aromatic nitrogens is 1. The lowest BCUT2D eigenvalue weighted by molar-refractivity contribution is 0.282. The summed E-state index contributed by atoms with van der Waals surface area (Å²) < 4.78 is 4.16. The normalized spacial score (nSPS) is 10.6. The molecule has 0 fully saturated rings. The van der Waals surface area contributed by atoms with E-state index in [1.165, 1.54) is 11.5 Å². The second-order valence-electron chi connectivity index (χ2n) is 2.37. The largest absolute Gasteiger partial charge is 0.392 e. The van der Waals surface area contributed by atoms with Gasteiger partial charge in [0.2, 0.25) is 0 Å². The van der Waals surface area contributed by atoms with Gasteiger partial charge in [-0.25, -0.2) is 0 Å². The molecule has 0 radical (unpaired) electrons. The van der Waals surface area contributed by atoms with E-state index in [1.54, 1.807) is 0 Å². The Hall–Kier alpha value is -0.930. The number of aliphatic hydroxyl groups is 1. The first-order chi connectivity index (χ1) is 5.40. The van der Waals surface area contributed by atoms with Crippen molar-refractivity contribution < 1.29 is 5.11 Å². The van der Waals surface area contributed by atoms with Crippen molar-refractivity contribution in [1.82, 2.24) is 4.37 Å². The van der Waals surface area contributed by atoms with E-state index in [0.29, 0.717) is 0 Å². The van der Waals surface area contributed by atoms with Gasteiger partial charge in [0.15, 0.2) is 0 Å². The van der Waals surface area contributed by atoms with Crippen LogP contribution < -0.4 is 0 Å². The van der Waals surface area contributed by atoms with E-state index in [-0.39, 0.29) is 6.61 Å². The van der Waals surface area contributed by atoms with Crippen LogP contribution in [0.4, 0.5) is 0 Å². The Labute approximate surface area is 68.3 Å². The third-order valence-electron chi connectivity index (χ3n) is 1.61. The van der Waals surface area contributed by atoms with Gasteiger partial charge in [-0.2, -0.15) is 4.37 Å². The van der Waals surface area contributed by atoms with Crippen molar-refractivity contribution in [3.8, 4) is 0 Å². The molecule has 1 aromatic carbocycles. The zero-order valence-corrected chi connectivity index (χ0v) is 6.64. The summed E-state index contributed by atoms with van der Waals surface area (Å²) in [4.78, 5) is 0. The lowest BCUT2D eigenvalue weighted by Crippen LogP contribution is -1.80. The Kier molecular flexibility index (Phi) is 1.60. The topological polar surface area (TPSA) is 33.1 Å². The average Bonchev–Trinajstić information content (AvgIpc) is 2.50. The molecule has 1 N–H and O–H groups in total. The Balaban J connectivity index is 2.67. The zero-order valence-electron chi connectivity index (χ0n) is 5.82. The SMILES string of the molecule is OCc1ccc2csnc2c1. The monoisotopic (exact) mass is 165 g/mol. The van der Waals surface area contributed by atoms with E-state index in [1.807, 2.05) is 23.6 Å². The first-order valence-corrected chi connectivity index (χ1v) is 4.17. The summed E-state index contributed by atoms with van der Waals surface area (Å²) >= 11 is 1.44. The lowest BCUT2D eigenvalue weighted by Gasteiger charge is -1.93. The molecular formula is C8H7NOS. The summed E-state index contributed by atoms with van der Waals surface area (Å²) in [6.07, 6.45) is 0. The molecule has 2 nitrogen and oxygen atoms in total. The third kappa shape index (κ3) is 1.13. The van der Waals surface area contributed by atoms with E-state index in [4.69, 9.17) is 5.11 Å². The van der Waals surface area contributed by atoms with Crippen LogP contribution in [0.25, 0.3) is 10.9 Å². The molecular weight excluding hydrogens is 158 g/mol. The van der Waals surface area contributed by atoms with Crippen molar-refractivity contribution in [1.29, 1.82) is 0 Å². The molecule has 1 aromatic heterocycles. The molecule has 2 rings (SSSR count). The summed E-state index contributed by atoms with van der Waals surface area (Å²) in [6.45, 7) is 0.0907. The van der Waals surface area contributed by atoms with Crippen molar-refractivity contribution in [2.45, 2.75) is 6.61 Å². The molecule has 3 heteroatoms. The third-order valence-corrected chi connectivity index (χ3v) is 2.27. The average molecular weight is 165 g/mol. The van der Waals surface area contributed by atoms with Gasteiger partial charge < -0.3 is 5.11 Å². The molecule has 0 aliphatic heterocycles. The van der Waals surface area contributed by atoms with Gasteiger partial charge in [-0.05, 0) is 23.2 Å². The smallest absolute Gasteiger partial charge is 0.0844 e. The second kappa shape index (κ2) is 2.60. The molecule has 0 amide bonds. The van der Waals surface area contributed by atoms with Gasteiger partial charge in [0, 0.05) is 10.8 Å². The maximum atomic E-state index is 8.81. The quantitative estimate of drug-likeness (QED) is 0.698. The predicted octanol–water partition coefficient (Wildman–Crippen LogP) is 1.79. The maximum Gasteiger partial charge on any atom is 0.0844 e. The van der Waals surface area contributed by atoms with Gasteiger partial charge in [0.25, 0.3) is 0 Å². The highest BCUT2D eigenvalue weighted by Crippen LogP contribution is 2.16. The molecule has 0 unspecified atom stereocenters. The van der Waals surface area contributed by atoms with Crippen molar-refractivity contribution >= 4 is 22.4 Å². The molecule has 1 heterocycles. The number of rotatable bonds is 1. The fourth-order valence-electron chi connectivity index (χ4n) is 1.01. The second-order valence-corrected chi connectivity index (χ2v) is 2.99. The van der Waals surface area contributed by atoms with Crippen LogP contribution in [0.2, 0.25) is 0 Å².